The molecule has 0 radical (unpaired) electrons. The first-order valence-electron chi connectivity index (χ1n) is 11.4. The number of carboxylic acid groups (broad SMARTS) is 1. The molecule has 1 atom stereocenters. The van der Waals surface area contributed by atoms with Crippen LogP contribution in [0.25, 0.3) is 10.8 Å². The molecule has 180 valence electrons. The van der Waals surface area contributed by atoms with Crippen molar-refractivity contribution < 1.29 is 18.3 Å². The van der Waals surface area contributed by atoms with E-state index in [4.69, 9.17) is 11.6 Å². The molecule has 2 heterocycles. The summed E-state index contributed by atoms with van der Waals surface area (Å²) in [6.07, 6.45) is 3.44. The molecular weight excluding hydrogens is 476 g/mol. The molecule has 0 amide bonds. The Kier molecular flexibility index (Phi) is 7.12. The second-order valence-electron chi connectivity index (χ2n) is 8.58. The summed E-state index contributed by atoms with van der Waals surface area (Å²) in [7, 11) is -4.00. The molecule has 34 heavy (non-hydrogen) atoms. The van der Waals surface area contributed by atoms with E-state index in [0.717, 1.165) is 34.6 Å². The molecule has 1 aliphatic heterocycles. The Hall–Kier alpha value is -2.68. The van der Waals surface area contributed by atoms with Crippen molar-refractivity contribution in [2.45, 2.75) is 56.5 Å². The normalized spacial score (nSPS) is 16.8. The van der Waals surface area contributed by atoms with Gasteiger partial charge in [-0.3, -0.25) is 9.59 Å². The number of fused-ring (bicyclic) bond motifs is 1. The number of rotatable bonds is 8. The van der Waals surface area contributed by atoms with E-state index in [1.54, 1.807) is 16.7 Å². The van der Waals surface area contributed by atoms with Gasteiger partial charge in [0.2, 0.25) is 10.0 Å². The van der Waals surface area contributed by atoms with E-state index in [1.165, 1.54) is 12.1 Å². The number of aromatic nitrogens is 1. The topological polar surface area (TPSA) is 96.7 Å². The molecule has 0 aliphatic carbocycles. The number of halogens is 1. The van der Waals surface area contributed by atoms with Crippen molar-refractivity contribution in [1.82, 2.24) is 8.87 Å². The minimum atomic E-state index is -4.00. The first kappa shape index (κ1) is 24.4. The molecule has 1 aliphatic rings. The van der Waals surface area contributed by atoms with Gasteiger partial charge >= 0.3 is 5.97 Å². The van der Waals surface area contributed by atoms with Gasteiger partial charge in [0.05, 0.1) is 11.4 Å². The lowest BCUT2D eigenvalue weighted by atomic mass is 10.1. The third kappa shape index (κ3) is 4.62. The van der Waals surface area contributed by atoms with Crippen molar-refractivity contribution in [3.8, 4) is 0 Å². The molecule has 1 N–H and O–H groups in total. The highest BCUT2D eigenvalue weighted by atomic mass is 35.5. The lowest BCUT2D eigenvalue weighted by molar-refractivity contribution is -0.140. The van der Waals surface area contributed by atoms with E-state index >= 15 is 0 Å². The Morgan fingerprint density at radius 3 is 2.65 bits per heavy atom. The van der Waals surface area contributed by atoms with Crippen molar-refractivity contribution in [2.75, 3.05) is 6.54 Å². The van der Waals surface area contributed by atoms with Crippen LogP contribution in [-0.2, 0) is 27.8 Å². The van der Waals surface area contributed by atoms with Gasteiger partial charge in [-0.2, -0.15) is 4.31 Å². The molecule has 9 heteroatoms. The van der Waals surface area contributed by atoms with Gasteiger partial charge in [0.15, 0.2) is 0 Å². The zero-order valence-electron chi connectivity index (χ0n) is 18.9. The number of benzene rings is 2. The molecule has 1 aromatic heterocycles. The van der Waals surface area contributed by atoms with Crippen molar-refractivity contribution in [3.05, 3.63) is 75.2 Å². The number of hydrogen-bond donors (Lipinski definition) is 1. The summed E-state index contributed by atoms with van der Waals surface area (Å²) in [6, 6.07) is 12.8. The highest BCUT2D eigenvalue weighted by molar-refractivity contribution is 7.89. The van der Waals surface area contributed by atoms with E-state index in [2.05, 4.69) is 6.92 Å². The van der Waals surface area contributed by atoms with Gasteiger partial charge in [0.1, 0.15) is 6.04 Å². The van der Waals surface area contributed by atoms with Gasteiger partial charge in [0.25, 0.3) is 5.56 Å². The first-order valence-corrected chi connectivity index (χ1v) is 13.2. The van der Waals surface area contributed by atoms with Gasteiger partial charge in [0, 0.05) is 22.6 Å². The quantitative estimate of drug-likeness (QED) is 0.495. The van der Waals surface area contributed by atoms with Crippen LogP contribution in [0.3, 0.4) is 0 Å². The van der Waals surface area contributed by atoms with Crippen LogP contribution in [0.4, 0.5) is 0 Å². The largest absolute Gasteiger partial charge is 0.480 e. The number of unbranched alkanes of at least 4 members (excludes halogenated alkanes) is 1. The van der Waals surface area contributed by atoms with Crippen molar-refractivity contribution in [1.29, 1.82) is 0 Å². The Balaban J connectivity index is 1.70. The zero-order chi connectivity index (χ0) is 24.5. The van der Waals surface area contributed by atoms with Crippen LogP contribution in [-0.4, -0.2) is 41.0 Å². The standard InChI is InChI=1S/C25H27ClN2O5S/c1-2-3-8-19-14-17-7-4-5-9-21(17)24(29)27(19)16-18-11-12-20(15-22(18)26)34(32,33)28-13-6-10-23(28)25(30)31/h4-5,7,9,11-12,14-15,23H,2-3,6,8,10,13,16H2,1H3,(H,30,31). The van der Waals surface area contributed by atoms with Crippen molar-refractivity contribution >= 4 is 38.4 Å². The molecule has 1 fully saturated rings. The van der Waals surface area contributed by atoms with E-state index in [9.17, 15) is 23.1 Å². The number of carboxylic acids is 1. The van der Waals surface area contributed by atoms with Gasteiger partial charge in [-0.25, -0.2) is 8.42 Å². The van der Waals surface area contributed by atoms with Crippen molar-refractivity contribution in [2.24, 2.45) is 0 Å². The summed E-state index contributed by atoms with van der Waals surface area (Å²) in [5.41, 5.74) is 1.41. The lowest BCUT2D eigenvalue weighted by Crippen LogP contribution is -2.40. The Bertz CT molecular complexity index is 1400. The Morgan fingerprint density at radius 2 is 1.94 bits per heavy atom. The van der Waals surface area contributed by atoms with Gasteiger partial charge in [-0.15, -0.1) is 0 Å². The van der Waals surface area contributed by atoms with Gasteiger partial charge < -0.3 is 9.67 Å². The average Bonchev–Trinajstić information content (AvgIpc) is 3.32. The van der Waals surface area contributed by atoms with Crippen LogP contribution >= 0.6 is 11.6 Å². The summed E-state index contributed by atoms with van der Waals surface area (Å²) >= 11 is 6.50. The van der Waals surface area contributed by atoms with Gasteiger partial charge in [-0.1, -0.05) is 49.2 Å². The second-order valence-corrected chi connectivity index (χ2v) is 10.9. The number of aryl methyl sites for hydroxylation is 1. The summed E-state index contributed by atoms with van der Waals surface area (Å²) in [6.45, 7) is 2.46. The molecule has 0 saturated carbocycles. The molecular formula is C25H27ClN2O5S. The fourth-order valence-electron chi connectivity index (χ4n) is 4.49. The fourth-order valence-corrected chi connectivity index (χ4v) is 6.47. The van der Waals surface area contributed by atoms with E-state index in [1.807, 2.05) is 24.3 Å². The van der Waals surface area contributed by atoms with E-state index < -0.39 is 22.0 Å². The first-order chi connectivity index (χ1) is 16.2. The third-order valence-electron chi connectivity index (χ3n) is 6.34. The molecule has 7 nitrogen and oxygen atoms in total. The molecule has 1 unspecified atom stereocenters. The van der Waals surface area contributed by atoms with E-state index in [-0.39, 0.29) is 35.0 Å². The zero-order valence-corrected chi connectivity index (χ0v) is 20.5. The predicted molar refractivity (Wildman–Crippen MR) is 132 cm³/mol. The molecule has 1 saturated heterocycles. The number of sulfonamides is 1. The monoisotopic (exact) mass is 502 g/mol. The maximum absolute atomic E-state index is 13.3. The lowest BCUT2D eigenvalue weighted by Gasteiger charge is -2.21. The minimum absolute atomic E-state index is 0.0496. The van der Waals surface area contributed by atoms with E-state index in [0.29, 0.717) is 17.4 Å². The maximum Gasteiger partial charge on any atom is 0.322 e. The highest BCUT2D eigenvalue weighted by Crippen LogP contribution is 2.29. The van der Waals surface area contributed by atoms with Crippen LogP contribution in [0.15, 0.2) is 58.2 Å². The minimum Gasteiger partial charge on any atom is -0.480 e. The number of aliphatic carboxylic acids is 1. The smallest absolute Gasteiger partial charge is 0.322 e. The number of pyridine rings is 1. The molecule has 0 bridgehead atoms. The van der Waals surface area contributed by atoms with Crippen LogP contribution in [0, 0.1) is 0 Å². The molecule has 0 spiro atoms. The molecule has 3 aromatic rings. The highest BCUT2D eigenvalue weighted by Gasteiger charge is 2.39. The average molecular weight is 503 g/mol. The third-order valence-corrected chi connectivity index (χ3v) is 8.60. The number of carbonyl (C=O) groups is 1. The Morgan fingerprint density at radius 1 is 1.18 bits per heavy atom. The van der Waals surface area contributed by atoms with Crippen LogP contribution in [0.5, 0.6) is 0 Å². The molecule has 2 aromatic carbocycles. The maximum atomic E-state index is 13.3. The van der Waals surface area contributed by atoms with Crippen LogP contribution < -0.4 is 5.56 Å². The predicted octanol–water partition coefficient (Wildman–Crippen LogP) is 4.28. The molecule has 4 rings (SSSR count). The summed E-state index contributed by atoms with van der Waals surface area (Å²) in [5, 5.41) is 11.1. The summed E-state index contributed by atoms with van der Waals surface area (Å²) in [4.78, 5) is 24.7. The number of nitrogens with zero attached hydrogens (tertiary/aromatic N) is 2. The SMILES string of the molecule is CCCCc1cc2ccccc2c(=O)n1Cc1ccc(S(=O)(=O)N2CCCC2C(=O)O)cc1Cl. The van der Waals surface area contributed by atoms with Crippen LogP contribution in [0.1, 0.15) is 43.9 Å². The van der Waals surface area contributed by atoms with Gasteiger partial charge in [-0.05, 0) is 60.9 Å². The summed E-state index contributed by atoms with van der Waals surface area (Å²) in [5.74, 6) is -1.15. The second kappa shape index (κ2) is 9.90. The summed E-state index contributed by atoms with van der Waals surface area (Å²) < 4.78 is 28.9. The van der Waals surface area contributed by atoms with Crippen molar-refractivity contribution in [3.63, 3.8) is 0 Å². The van der Waals surface area contributed by atoms with Crippen LogP contribution in [0.2, 0.25) is 5.02 Å². The number of hydrogen-bond acceptors (Lipinski definition) is 4. The fraction of sp³-hybridized carbons (Fsp3) is 0.360. The Labute approximate surface area is 203 Å².